The molecule has 0 atom stereocenters. The van der Waals surface area contributed by atoms with E-state index in [2.05, 4.69) is 161 Å². The Balaban J connectivity index is 1.13. The molecule has 308 valence electrons. The van der Waals surface area contributed by atoms with Gasteiger partial charge in [0.15, 0.2) is 11.5 Å². The van der Waals surface area contributed by atoms with E-state index in [-0.39, 0.29) is 12.1 Å². The third-order valence-corrected chi connectivity index (χ3v) is 13.2. The van der Waals surface area contributed by atoms with E-state index in [9.17, 15) is 0 Å². The molecule has 0 N–H and O–H groups in total. The average molecular weight is 823 g/mol. The van der Waals surface area contributed by atoms with Gasteiger partial charge in [0.1, 0.15) is 22.7 Å². The molecule has 0 bridgehead atoms. The number of nitrogens with zero attached hydrogens (tertiary/aromatic N) is 2. The van der Waals surface area contributed by atoms with Crippen molar-refractivity contribution in [3.8, 4) is 34.1 Å². The van der Waals surface area contributed by atoms with Crippen LogP contribution in [0.1, 0.15) is 49.4 Å². The molecule has 6 nitrogen and oxygen atoms in total. The lowest BCUT2D eigenvalue weighted by Crippen LogP contribution is -2.61. The maximum absolute atomic E-state index is 6.81. The fraction of sp³-hybridized carbons (Fsp3) is 0.179. The summed E-state index contributed by atoms with van der Waals surface area (Å²) < 4.78 is 26.2. The monoisotopic (exact) mass is 822 g/mol. The summed E-state index contributed by atoms with van der Waals surface area (Å²) in [5.41, 5.74) is 19.1. The molecule has 0 amide bonds. The predicted octanol–water partition coefficient (Wildman–Crippen LogP) is 13.0. The Morgan fingerprint density at radius 3 is 1.83 bits per heavy atom. The topological polar surface area (TPSA) is 51.2 Å². The van der Waals surface area contributed by atoms with Gasteiger partial charge in [-0.15, -0.1) is 0 Å². The molecule has 3 aliphatic rings. The Hall–Kier alpha value is -7.12. The minimum Gasteiger partial charge on any atom is -0.489 e. The number of anilines is 6. The Morgan fingerprint density at radius 2 is 1.16 bits per heavy atom. The Morgan fingerprint density at radius 1 is 0.540 bits per heavy atom. The summed E-state index contributed by atoms with van der Waals surface area (Å²) >= 11 is 0. The second kappa shape index (κ2) is 13.9. The van der Waals surface area contributed by atoms with E-state index < -0.39 is 0 Å². The molecular weight excluding hydrogens is 775 g/mol. The minimum absolute atomic E-state index is 0.00278. The molecule has 3 aliphatic heterocycles. The molecule has 5 heterocycles. The van der Waals surface area contributed by atoms with Gasteiger partial charge in [-0.25, -0.2) is 0 Å². The summed E-state index contributed by atoms with van der Waals surface area (Å²) in [6.45, 7) is 14.7. The molecule has 9 aromatic rings. The van der Waals surface area contributed by atoms with E-state index >= 15 is 0 Å². The van der Waals surface area contributed by atoms with Crippen LogP contribution in [-0.2, 0) is 5.41 Å². The first-order valence-corrected chi connectivity index (χ1v) is 22.1. The molecule has 0 spiro atoms. The van der Waals surface area contributed by atoms with Crippen molar-refractivity contribution in [2.45, 2.75) is 53.4 Å². The highest BCUT2D eigenvalue weighted by Gasteiger charge is 2.46. The normalized spacial score (nSPS) is 14.2. The molecule has 7 aromatic carbocycles. The number of hydrogen-bond donors (Lipinski definition) is 0. The van der Waals surface area contributed by atoms with Crippen LogP contribution in [-0.4, -0.2) is 19.9 Å². The molecule has 63 heavy (non-hydrogen) atoms. The van der Waals surface area contributed by atoms with Crippen molar-refractivity contribution < 1.29 is 18.3 Å². The van der Waals surface area contributed by atoms with Crippen LogP contribution in [0.2, 0.25) is 0 Å². The van der Waals surface area contributed by atoms with E-state index in [1.54, 1.807) is 0 Å². The maximum atomic E-state index is 6.81. The third kappa shape index (κ3) is 5.93. The minimum atomic E-state index is -0.126. The van der Waals surface area contributed by atoms with Gasteiger partial charge < -0.3 is 28.1 Å². The zero-order chi connectivity index (χ0) is 42.7. The first-order chi connectivity index (χ1) is 30.6. The van der Waals surface area contributed by atoms with Crippen LogP contribution in [0.3, 0.4) is 0 Å². The number of ether oxygens (including phenoxy) is 2. The molecule has 0 aliphatic carbocycles. The number of rotatable bonds is 4. The second-order valence-corrected chi connectivity index (χ2v) is 18.5. The number of benzene rings is 7. The lowest BCUT2D eigenvalue weighted by Gasteiger charge is -2.45. The summed E-state index contributed by atoms with van der Waals surface area (Å²) in [6, 6.07) is 50.3. The van der Waals surface area contributed by atoms with Crippen molar-refractivity contribution in [3.05, 3.63) is 162 Å². The van der Waals surface area contributed by atoms with Crippen LogP contribution in [0, 0.1) is 20.8 Å². The van der Waals surface area contributed by atoms with Crippen LogP contribution in [0.5, 0.6) is 11.5 Å². The summed E-state index contributed by atoms with van der Waals surface area (Å²) in [4.78, 5) is 4.95. The van der Waals surface area contributed by atoms with E-state index in [1.807, 2.05) is 30.3 Å². The van der Waals surface area contributed by atoms with Crippen LogP contribution >= 0.6 is 0 Å². The first kappa shape index (κ1) is 37.6. The summed E-state index contributed by atoms with van der Waals surface area (Å²) in [7, 11) is 0. The highest BCUT2D eigenvalue weighted by atomic mass is 16.5. The highest BCUT2D eigenvalue weighted by molar-refractivity contribution is 7.00. The summed E-state index contributed by atoms with van der Waals surface area (Å²) in [5, 5.41) is 2.18. The largest absolute Gasteiger partial charge is 0.489 e. The van der Waals surface area contributed by atoms with Crippen molar-refractivity contribution in [1.82, 2.24) is 0 Å². The maximum Gasteiger partial charge on any atom is 0.252 e. The molecule has 0 fully saturated rings. The standard InChI is InChI=1S/C56H47BN2O4/c1-33-26-45-52-46(27-33)59(53-34(2)28-40(29-35(53)3)56(4,5)6)54-42(21-23-49-55(54)61-25-11-24-60-49)57(52)43-30-39(51-32-38-13-8-10-15-48(38)63-51)18-22-44(43)58(45)41-19-16-36(17-20-41)50-31-37-12-7-9-14-47(37)62-50/h7-10,12-23,26-32H,11,24-25H2,1-6H3. The van der Waals surface area contributed by atoms with E-state index in [4.69, 9.17) is 18.3 Å². The van der Waals surface area contributed by atoms with Gasteiger partial charge in [-0.2, -0.15) is 0 Å². The molecule has 0 unspecified atom stereocenters. The van der Waals surface area contributed by atoms with Crippen molar-refractivity contribution in [3.63, 3.8) is 0 Å². The lowest BCUT2D eigenvalue weighted by atomic mass is 9.33. The number of furan rings is 2. The zero-order valence-corrected chi connectivity index (χ0v) is 36.5. The SMILES string of the molecule is Cc1cc2c3c(c1)N(c1c(C)cc(C(C)(C)C)cc1C)c1c(ccc4c1OCCCO4)B3c1cc(-c3cc4ccccc4o3)ccc1N2c1ccc(-c2cc3ccccc3o2)cc1. The number of aryl methyl sites for hydroxylation is 3. The average Bonchev–Trinajstić information content (AvgIpc) is 3.84. The summed E-state index contributed by atoms with van der Waals surface area (Å²) in [5.74, 6) is 3.28. The fourth-order valence-corrected chi connectivity index (χ4v) is 10.3. The Bertz CT molecular complexity index is 3230. The van der Waals surface area contributed by atoms with E-state index in [1.165, 1.54) is 44.3 Å². The van der Waals surface area contributed by atoms with Crippen molar-refractivity contribution in [2.24, 2.45) is 0 Å². The fourth-order valence-electron chi connectivity index (χ4n) is 10.3. The second-order valence-electron chi connectivity index (χ2n) is 18.5. The van der Waals surface area contributed by atoms with Crippen molar-refractivity contribution in [1.29, 1.82) is 0 Å². The van der Waals surface area contributed by atoms with Gasteiger partial charge in [-0.1, -0.05) is 81.4 Å². The van der Waals surface area contributed by atoms with Gasteiger partial charge in [0.2, 0.25) is 0 Å². The van der Waals surface area contributed by atoms with E-state index in [0.717, 1.165) is 90.9 Å². The first-order valence-electron chi connectivity index (χ1n) is 22.1. The molecule has 0 radical (unpaired) electrons. The van der Waals surface area contributed by atoms with E-state index in [0.29, 0.717) is 13.2 Å². The molecular formula is C56H47BN2O4. The molecule has 12 rings (SSSR count). The zero-order valence-electron chi connectivity index (χ0n) is 36.5. The quantitative estimate of drug-likeness (QED) is 0.165. The lowest BCUT2D eigenvalue weighted by molar-refractivity contribution is 0.297. The van der Waals surface area contributed by atoms with Crippen molar-refractivity contribution in [2.75, 3.05) is 23.0 Å². The Kier molecular flexibility index (Phi) is 8.33. The Labute approximate surface area is 368 Å². The van der Waals surface area contributed by atoms with Gasteiger partial charge in [0, 0.05) is 51.1 Å². The van der Waals surface area contributed by atoms with Gasteiger partial charge in [-0.3, -0.25) is 0 Å². The van der Waals surface area contributed by atoms with Gasteiger partial charge >= 0.3 is 0 Å². The smallest absolute Gasteiger partial charge is 0.252 e. The van der Waals surface area contributed by atoms with Crippen LogP contribution in [0.4, 0.5) is 34.1 Å². The molecule has 2 aromatic heterocycles. The molecule has 0 saturated carbocycles. The summed E-state index contributed by atoms with van der Waals surface area (Å²) in [6.07, 6.45) is 0.818. The van der Waals surface area contributed by atoms with Gasteiger partial charge in [-0.05, 0) is 144 Å². The third-order valence-electron chi connectivity index (χ3n) is 13.2. The van der Waals surface area contributed by atoms with Crippen LogP contribution in [0.15, 0.2) is 148 Å². The predicted molar refractivity (Wildman–Crippen MR) is 259 cm³/mol. The number of fused-ring (bicyclic) bond motifs is 8. The number of hydrogen-bond acceptors (Lipinski definition) is 6. The number of para-hydroxylation sites is 2. The van der Waals surface area contributed by atoms with Gasteiger partial charge in [0.25, 0.3) is 6.71 Å². The van der Waals surface area contributed by atoms with Crippen LogP contribution < -0.4 is 35.7 Å². The van der Waals surface area contributed by atoms with Crippen molar-refractivity contribution >= 4 is 79.2 Å². The molecule has 0 saturated heterocycles. The van der Waals surface area contributed by atoms with Crippen LogP contribution in [0.25, 0.3) is 44.6 Å². The molecule has 7 heteroatoms. The highest BCUT2D eigenvalue weighted by Crippen LogP contribution is 2.52. The van der Waals surface area contributed by atoms with Gasteiger partial charge in [0.05, 0.1) is 24.6 Å².